The van der Waals surface area contributed by atoms with Gasteiger partial charge in [0.1, 0.15) is 5.82 Å². The number of hydrogen-bond donors (Lipinski definition) is 2. The van der Waals surface area contributed by atoms with Crippen LogP contribution in [0.1, 0.15) is 16.8 Å². The molecule has 2 aromatic carbocycles. The van der Waals surface area contributed by atoms with Crippen LogP contribution in [-0.2, 0) is 0 Å². The first-order valence-corrected chi connectivity index (χ1v) is 8.07. The van der Waals surface area contributed by atoms with Crippen LogP contribution in [0.2, 0.25) is 5.02 Å². The molecule has 0 unspecified atom stereocenters. The molecule has 1 heterocycles. The van der Waals surface area contributed by atoms with Crippen LogP contribution in [0.25, 0.3) is 0 Å². The first-order valence-electron chi connectivity index (χ1n) is 7.69. The fourth-order valence-electron chi connectivity index (χ4n) is 2.30. The summed E-state index contributed by atoms with van der Waals surface area (Å²) in [7, 11) is 0. The molecule has 0 fully saturated rings. The van der Waals surface area contributed by atoms with E-state index < -0.39 is 0 Å². The van der Waals surface area contributed by atoms with Crippen molar-refractivity contribution in [2.75, 3.05) is 10.6 Å². The van der Waals surface area contributed by atoms with Gasteiger partial charge < -0.3 is 10.6 Å². The Balaban J connectivity index is 1.84. The Morgan fingerprint density at radius 3 is 2.52 bits per heavy atom. The van der Waals surface area contributed by atoms with E-state index in [0.717, 1.165) is 22.6 Å². The first-order chi connectivity index (χ1) is 12.0. The maximum Gasteiger partial charge on any atom is 0.229 e. The lowest BCUT2D eigenvalue weighted by atomic mass is 10.2. The molecule has 5 nitrogen and oxygen atoms in total. The average Bonchev–Trinajstić information content (AvgIpc) is 2.58. The minimum atomic E-state index is 0.471. The van der Waals surface area contributed by atoms with Crippen molar-refractivity contribution in [1.82, 2.24) is 9.97 Å². The van der Waals surface area contributed by atoms with E-state index in [1.807, 2.05) is 50.2 Å². The molecule has 3 rings (SSSR count). The fraction of sp³-hybridized carbons (Fsp3) is 0.105. The summed E-state index contributed by atoms with van der Waals surface area (Å²) in [5.41, 5.74) is 4.02. The van der Waals surface area contributed by atoms with Crippen LogP contribution in [-0.4, -0.2) is 9.97 Å². The molecule has 0 saturated carbocycles. The highest BCUT2D eigenvalue weighted by atomic mass is 35.5. The quantitative estimate of drug-likeness (QED) is 0.685. The molecule has 1 aromatic heterocycles. The van der Waals surface area contributed by atoms with Gasteiger partial charge in [0.25, 0.3) is 0 Å². The highest BCUT2D eigenvalue weighted by Gasteiger charge is 2.05. The Bertz CT molecular complexity index is 962. The zero-order chi connectivity index (χ0) is 17.8. The van der Waals surface area contributed by atoms with Crippen molar-refractivity contribution in [3.05, 3.63) is 70.4 Å². The molecular formula is C19H16ClN5. The minimum Gasteiger partial charge on any atom is -0.340 e. The molecular weight excluding hydrogens is 334 g/mol. The lowest BCUT2D eigenvalue weighted by molar-refractivity contribution is 1.11. The number of nitrogens with zero attached hydrogens (tertiary/aromatic N) is 3. The molecule has 0 radical (unpaired) electrons. The van der Waals surface area contributed by atoms with Gasteiger partial charge in [-0.3, -0.25) is 0 Å². The molecule has 0 atom stereocenters. The van der Waals surface area contributed by atoms with Gasteiger partial charge in [-0.05, 0) is 49.7 Å². The zero-order valence-corrected chi connectivity index (χ0v) is 14.6. The number of aryl methyl sites for hydroxylation is 2. The largest absolute Gasteiger partial charge is 0.340 e. The second-order valence-corrected chi connectivity index (χ2v) is 6.03. The van der Waals surface area contributed by atoms with Gasteiger partial charge in [-0.2, -0.15) is 10.2 Å². The summed E-state index contributed by atoms with van der Waals surface area (Å²) in [4.78, 5) is 8.87. The number of aromatic nitrogens is 2. The van der Waals surface area contributed by atoms with Crippen LogP contribution >= 0.6 is 11.6 Å². The predicted molar refractivity (Wildman–Crippen MR) is 101 cm³/mol. The summed E-state index contributed by atoms with van der Waals surface area (Å²) in [5, 5.41) is 16.0. The molecule has 25 heavy (non-hydrogen) atoms. The van der Waals surface area contributed by atoms with E-state index in [0.29, 0.717) is 22.4 Å². The fourth-order valence-corrected chi connectivity index (χ4v) is 2.48. The highest BCUT2D eigenvalue weighted by Crippen LogP contribution is 2.23. The summed E-state index contributed by atoms with van der Waals surface area (Å²) < 4.78 is 0. The topological polar surface area (TPSA) is 73.6 Å². The molecule has 0 aliphatic rings. The maximum atomic E-state index is 9.00. The van der Waals surface area contributed by atoms with E-state index in [1.54, 1.807) is 12.1 Å². The predicted octanol–water partition coefficient (Wildman–Crippen LogP) is 5.11. The standard InChI is InChI=1S/C19H16ClN5/c1-12-6-7-16(10-17(12)20)24-19-22-13(2)8-18(25-19)23-15-5-3-4-14(9-15)11-21/h3-10H,1-2H3,(H2,22,23,24,25). The van der Waals surface area contributed by atoms with Crippen LogP contribution in [0.4, 0.5) is 23.1 Å². The lowest BCUT2D eigenvalue weighted by Gasteiger charge is -2.11. The third kappa shape index (κ3) is 4.25. The normalized spacial score (nSPS) is 10.2. The third-order valence-corrected chi connectivity index (χ3v) is 3.95. The van der Waals surface area contributed by atoms with Gasteiger partial charge in [-0.25, -0.2) is 4.98 Å². The van der Waals surface area contributed by atoms with E-state index in [2.05, 4.69) is 26.7 Å². The van der Waals surface area contributed by atoms with Crippen molar-refractivity contribution in [1.29, 1.82) is 5.26 Å². The Hall–Kier alpha value is -3.10. The van der Waals surface area contributed by atoms with Crippen molar-refractivity contribution in [3.8, 4) is 6.07 Å². The van der Waals surface area contributed by atoms with Crippen molar-refractivity contribution in [2.45, 2.75) is 13.8 Å². The second kappa shape index (κ2) is 7.20. The minimum absolute atomic E-state index is 0.471. The van der Waals surface area contributed by atoms with Gasteiger partial charge in [-0.15, -0.1) is 0 Å². The molecule has 0 aliphatic heterocycles. The van der Waals surface area contributed by atoms with E-state index in [-0.39, 0.29) is 0 Å². The molecule has 3 aromatic rings. The first kappa shape index (κ1) is 16.7. The summed E-state index contributed by atoms with van der Waals surface area (Å²) in [6, 6.07) is 16.9. The Kier molecular flexibility index (Phi) is 4.82. The summed E-state index contributed by atoms with van der Waals surface area (Å²) in [6.07, 6.45) is 0. The molecule has 2 N–H and O–H groups in total. The maximum absolute atomic E-state index is 9.00. The molecule has 0 bridgehead atoms. The van der Waals surface area contributed by atoms with Gasteiger partial charge >= 0.3 is 0 Å². The number of nitrogens with one attached hydrogen (secondary N) is 2. The van der Waals surface area contributed by atoms with Gasteiger partial charge in [0.05, 0.1) is 11.6 Å². The van der Waals surface area contributed by atoms with Crippen LogP contribution in [0.5, 0.6) is 0 Å². The molecule has 0 saturated heterocycles. The summed E-state index contributed by atoms with van der Waals surface area (Å²) in [6.45, 7) is 3.85. The van der Waals surface area contributed by atoms with E-state index in [4.69, 9.17) is 16.9 Å². The summed E-state index contributed by atoms with van der Waals surface area (Å²) in [5.74, 6) is 1.11. The molecule has 0 aliphatic carbocycles. The van der Waals surface area contributed by atoms with Crippen LogP contribution < -0.4 is 10.6 Å². The number of hydrogen-bond acceptors (Lipinski definition) is 5. The monoisotopic (exact) mass is 349 g/mol. The van der Waals surface area contributed by atoms with Crippen LogP contribution in [0, 0.1) is 25.2 Å². The third-order valence-electron chi connectivity index (χ3n) is 3.55. The van der Waals surface area contributed by atoms with E-state index in [9.17, 15) is 0 Å². The van der Waals surface area contributed by atoms with Crippen LogP contribution in [0.3, 0.4) is 0 Å². The molecule has 0 amide bonds. The number of nitriles is 1. The molecule has 124 valence electrons. The number of rotatable bonds is 4. The molecule has 6 heteroatoms. The Morgan fingerprint density at radius 1 is 0.960 bits per heavy atom. The summed E-state index contributed by atoms with van der Waals surface area (Å²) >= 11 is 6.16. The van der Waals surface area contributed by atoms with E-state index in [1.165, 1.54) is 0 Å². The van der Waals surface area contributed by atoms with Crippen LogP contribution in [0.15, 0.2) is 48.5 Å². The SMILES string of the molecule is Cc1cc(Nc2cccc(C#N)c2)nc(Nc2ccc(C)c(Cl)c2)n1. The van der Waals surface area contributed by atoms with Crippen molar-refractivity contribution < 1.29 is 0 Å². The number of halogens is 1. The smallest absolute Gasteiger partial charge is 0.229 e. The average molecular weight is 350 g/mol. The Morgan fingerprint density at radius 2 is 1.76 bits per heavy atom. The molecule has 0 spiro atoms. The van der Waals surface area contributed by atoms with Crippen molar-refractivity contribution in [2.24, 2.45) is 0 Å². The van der Waals surface area contributed by atoms with Gasteiger partial charge in [0, 0.05) is 28.2 Å². The highest BCUT2D eigenvalue weighted by molar-refractivity contribution is 6.31. The van der Waals surface area contributed by atoms with Crippen molar-refractivity contribution >= 4 is 34.7 Å². The Labute approximate surface area is 151 Å². The lowest BCUT2D eigenvalue weighted by Crippen LogP contribution is -2.02. The zero-order valence-electron chi connectivity index (χ0n) is 13.8. The van der Waals surface area contributed by atoms with Gasteiger partial charge in [-0.1, -0.05) is 23.7 Å². The van der Waals surface area contributed by atoms with Gasteiger partial charge in [0.2, 0.25) is 5.95 Å². The van der Waals surface area contributed by atoms with Crippen molar-refractivity contribution in [3.63, 3.8) is 0 Å². The van der Waals surface area contributed by atoms with Gasteiger partial charge in [0.15, 0.2) is 0 Å². The number of benzene rings is 2. The number of anilines is 4. The van der Waals surface area contributed by atoms with E-state index >= 15 is 0 Å². The second-order valence-electron chi connectivity index (χ2n) is 5.62.